The molecule has 0 bridgehead atoms. The summed E-state index contributed by atoms with van der Waals surface area (Å²) in [5, 5.41) is 0. The fraction of sp³-hybridized carbons (Fsp3) is 0.154. The van der Waals surface area contributed by atoms with Crippen LogP contribution in [0.4, 0.5) is 23.0 Å². The van der Waals surface area contributed by atoms with E-state index in [-0.39, 0.29) is 0 Å². The summed E-state index contributed by atoms with van der Waals surface area (Å²) in [5.41, 5.74) is 8.71. The lowest BCUT2D eigenvalue weighted by Gasteiger charge is -2.27. The molecular formula is C26H24N4. The molecule has 5 rings (SSSR count). The van der Waals surface area contributed by atoms with E-state index < -0.39 is 0 Å². The van der Waals surface area contributed by atoms with Crippen molar-refractivity contribution in [2.24, 2.45) is 0 Å². The highest BCUT2D eigenvalue weighted by Gasteiger charge is 2.37. The molecule has 1 aliphatic rings. The Morgan fingerprint density at radius 2 is 0.933 bits per heavy atom. The van der Waals surface area contributed by atoms with Crippen molar-refractivity contribution in [3.05, 3.63) is 95.3 Å². The molecule has 0 radical (unpaired) electrons. The Bertz CT molecular complexity index is 1180. The first kappa shape index (κ1) is 18.4. The lowest BCUT2D eigenvalue weighted by atomic mass is 10.1. The Morgan fingerprint density at radius 3 is 1.30 bits per heavy atom. The topological polar surface area (TPSA) is 32.3 Å². The van der Waals surface area contributed by atoms with Crippen molar-refractivity contribution in [2.45, 2.75) is 27.7 Å². The van der Waals surface area contributed by atoms with Gasteiger partial charge in [-0.15, -0.1) is 0 Å². The quantitative estimate of drug-likeness (QED) is 0.383. The third-order valence-electron chi connectivity index (χ3n) is 5.80. The predicted molar refractivity (Wildman–Crippen MR) is 125 cm³/mol. The fourth-order valence-corrected chi connectivity index (χ4v) is 4.41. The van der Waals surface area contributed by atoms with Crippen molar-refractivity contribution in [1.82, 2.24) is 9.97 Å². The molecule has 148 valence electrons. The highest BCUT2D eigenvalue weighted by atomic mass is 15.4. The molecule has 0 saturated carbocycles. The van der Waals surface area contributed by atoms with Gasteiger partial charge < -0.3 is 0 Å². The van der Waals surface area contributed by atoms with Gasteiger partial charge in [0.25, 0.3) is 0 Å². The van der Waals surface area contributed by atoms with Gasteiger partial charge in [0.1, 0.15) is 5.82 Å². The zero-order valence-electron chi connectivity index (χ0n) is 17.8. The molecule has 2 heterocycles. The van der Waals surface area contributed by atoms with Crippen molar-refractivity contribution in [3.63, 3.8) is 0 Å². The Morgan fingerprint density at radius 1 is 0.567 bits per heavy atom. The van der Waals surface area contributed by atoms with Gasteiger partial charge in [-0.25, -0.2) is 9.97 Å². The molecule has 4 nitrogen and oxygen atoms in total. The number of benzene rings is 3. The first-order valence-corrected chi connectivity index (χ1v) is 10.2. The van der Waals surface area contributed by atoms with Crippen LogP contribution in [0.1, 0.15) is 22.3 Å². The molecule has 1 aliphatic heterocycles. The summed E-state index contributed by atoms with van der Waals surface area (Å²) in [6.45, 7) is 13.0. The number of anilines is 4. The van der Waals surface area contributed by atoms with Crippen molar-refractivity contribution in [1.29, 1.82) is 0 Å². The summed E-state index contributed by atoms with van der Waals surface area (Å²) in [6.07, 6.45) is 0. The number of rotatable bonds is 2. The summed E-state index contributed by atoms with van der Waals surface area (Å²) < 4.78 is 0. The van der Waals surface area contributed by atoms with E-state index in [0.717, 1.165) is 39.9 Å². The van der Waals surface area contributed by atoms with E-state index >= 15 is 0 Å². The van der Waals surface area contributed by atoms with E-state index in [2.05, 4.69) is 80.5 Å². The monoisotopic (exact) mass is 392 g/mol. The Balaban J connectivity index is 1.84. The van der Waals surface area contributed by atoms with Gasteiger partial charge in [0, 0.05) is 0 Å². The van der Waals surface area contributed by atoms with Crippen LogP contribution in [0, 0.1) is 27.7 Å². The minimum Gasteiger partial charge on any atom is -0.277 e. The SMILES string of the molecule is C=C1N(c2c(C)cccc2C)c2nc3ccccc3nc2N1c1c(C)cccc1C. The summed E-state index contributed by atoms with van der Waals surface area (Å²) in [5.74, 6) is 2.48. The molecule has 30 heavy (non-hydrogen) atoms. The van der Waals surface area contributed by atoms with Gasteiger partial charge in [-0.05, 0) is 62.1 Å². The van der Waals surface area contributed by atoms with Gasteiger partial charge in [-0.1, -0.05) is 55.1 Å². The molecule has 4 heteroatoms. The standard InChI is InChI=1S/C26H24N4/c1-16-10-8-11-17(2)23(16)29-20(5)30(24-18(3)12-9-13-19(24)4)26-25(29)27-21-14-6-7-15-22(21)28-26/h6-15H,5H2,1-4H3. The van der Waals surface area contributed by atoms with Gasteiger partial charge in [0.2, 0.25) is 0 Å². The van der Waals surface area contributed by atoms with Gasteiger partial charge in [0.05, 0.1) is 22.4 Å². The van der Waals surface area contributed by atoms with Crippen LogP contribution in [0.5, 0.6) is 0 Å². The van der Waals surface area contributed by atoms with Crippen molar-refractivity contribution < 1.29 is 0 Å². The van der Waals surface area contributed by atoms with Crippen LogP contribution in [0.25, 0.3) is 11.0 Å². The average Bonchev–Trinajstić information content (AvgIpc) is 2.98. The predicted octanol–water partition coefficient (Wildman–Crippen LogP) is 6.62. The molecule has 1 aromatic heterocycles. The number of hydrogen-bond acceptors (Lipinski definition) is 4. The van der Waals surface area contributed by atoms with Gasteiger partial charge in [-0.2, -0.15) is 0 Å². The number of para-hydroxylation sites is 4. The Labute approximate surface area is 177 Å². The van der Waals surface area contributed by atoms with Crippen LogP contribution in [-0.2, 0) is 0 Å². The van der Waals surface area contributed by atoms with Crippen LogP contribution >= 0.6 is 0 Å². The first-order valence-electron chi connectivity index (χ1n) is 10.2. The van der Waals surface area contributed by atoms with Crippen molar-refractivity contribution >= 4 is 34.0 Å². The third-order valence-corrected chi connectivity index (χ3v) is 5.80. The number of aromatic nitrogens is 2. The molecule has 0 saturated heterocycles. The molecule has 0 amide bonds. The van der Waals surface area contributed by atoms with Crippen LogP contribution in [0.15, 0.2) is 73.1 Å². The molecule has 3 aromatic carbocycles. The van der Waals surface area contributed by atoms with Crippen LogP contribution < -0.4 is 9.80 Å². The Kier molecular flexibility index (Phi) is 4.10. The molecule has 0 unspecified atom stereocenters. The first-order chi connectivity index (χ1) is 14.5. The molecule has 0 fully saturated rings. The number of nitrogens with zero attached hydrogens (tertiary/aromatic N) is 4. The van der Waals surface area contributed by atoms with E-state index in [9.17, 15) is 0 Å². The van der Waals surface area contributed by atoms with Gasteiger partial charge in [-0.3, -0.25) is 9.80 Å². The smallest absolute Gasteiger partial charge is 0.183 e. The molecule has 0 N–H and O–H groups in total. The summed E-state index contributed by atoms with van der Waals surface area (Å²) >= 11 is 0. The number of aryl methyl sites for hydroxylation is 4. The summed E-state index contributed by atoms with van der Waals surface area (Å²) in [4.78, 5) is 14.4. The minimum absolute atomic E-state index is 0.818. The zero-order chi connectivity index (χ0) is 21.0. The van der Waals surface area contributed by atoms with Crippen LogP contribution in [0.2, 0.25) is 0 Å². The Hall–Kier alpha value is -3.66. The maximum absolute atomic E-state index is 5.04. The summed E-state index contributed by atoms with van der Waals surface area (Å²) in [6, 6.07) is 20.7. The maximum atomic E-state index is 5.04. The fourth-order valence-electron chi connectivity index (χ4n) is 4.41. The second-order valence-corrected chi connectivity index (χ2v) is 7.93. The highest BCUT2D eigenvalue weighted by molar-refractivity contribution is 5.95. The number of hydrogen-bond donors (Lipinski definition) is 0. The third kappa shape index (κ3) is 2.61. The molecule has 0 aliphatic carbocycles. The van der Waals surface area contributed by atoms with E-state index in [1.54, 1.807) is 0 Å². The van der Waals surface area contributed by atoms with E-state index in [0.29, 0.717) is 0 Å². The molecule has 0 atom stereocenters. The normalized spacial score (nSPS) is 13.3. The number of fused-ring (bicyclic) bond motifs is 2. The molecule has 4 aromatic rings. The van der Waals surface area contributed by atoms with Crippen LogP contribution in [-0.4, -0.2) is 9.97 Å². The largest absolute Gasteiger partial charge is 0.277 e. The van der Waals surface area contributed by atoms with Crippen LogP contribution in [0.3, 0.4) is 0 Å². The molecular weight excluding hydrogens is 368 g/mol. The van der Waals surface area contributed by atoms with E-state index in [1.165, 1.54) is 22.3 Å². The van der Waals surface area contributed by atoms with E-state index in [1.807, 2.05) is 24.3 Å². The highest BCUT2D eigenvalue weighted by Crippen LogP contribution is 2.50. The lowest BCUT2D eigenvalue weighted by molar-refractivity contribution is 1.09. The van der Waals surface area contributed by atoms with Crippen molar-refractivity contribution in [2.75, 3.05) is 9.80 Å². The van der Waals surface area contributed by atoms with Gasteiger partial charge >= 0.3 is 0 Å². The zero-order valence-corrected chi connectivity index (χ0v) is 17.8. The molecule has 0 spiro atoms. The minimum atomic E-state index is 0.818. The lowest BCUT2D eigenvalue weighted by Crippen LogP contribution is -2.23. The van der Waals surface area contributed by atoms with Gasteiger partial charge in [0.15, 0.2) is 11.6 Å². The average molecular weight is 393 g/mol. The maximum Gasteiger partial charge on any atom is 0.183 e. The second-order valence-electron chi connectivity index (χ2n) is 7.93. The van der Waals surface area contributed by atoms with E-state index in [4.69, 9.17) is 9.97 Å². The van der Waals surface area contributed by atoms with Crippen molar-refractivity contribution in [3.8, 4) is 0 Å². The summed E-state index contributed by atoms with van der Waals surface area (Å²) in [7, 11) is 0. The second kappa shape index (κ2) is 6.70.